The van der Waals surface area contributed by atoms with E-state index in [4.69, 9.17) is 11.6 Å². The van der Waals surface area contributed by atoms with Crippen LogP contribution in [-0.4, -0.2) is 46.1 Å². The number of carbonyl (C=O) groups is 2. The first-order valence-electron chi connectivity index (χ1n) is 8.29. The number of aromatic nitrogens is 2. The SMILES string of the molecule is C[C@@H]1CN(C(=O)Cn2cc(Cl)cn2)C[C@]12CCN(c1ccsc1)C2=O. The Morgan fingerprint density at radius 1 is 1.52 bits per heavy atom. The molecule has 2 aromatic rings. The van der Waals surface area contributed by atoms with Crippen LogP contribution in [0.1, 0.15) is 13.3 Å². The van der Waals surface area contributed by atoms with Crippen LogP contribution in [0.3, 0.4) is 0 Å². The number of hydrogen-bond donors (Lipinski definition) is 0. The fourth-order valence-electron chi connectivity index (χ4n) is 3.97. The quantitative estimate of drug-likeness (QED) is 0.824. The fraction of sp³-hybridized carbons (Fsp3) is 0.471. The molecular weight excluding hydrogens is 360 g/mol. The maximum Gasteiger partial charge on any atom is 0.244 e. The summed E-state index contributed by atoms with van der Waals surface area (Å²) in [5.74, 6) is 0.273. The van der Waals surface area contributed by atoms with Gasteiger partial charge in [-0.25, -0.2) is 0 Å². The van der Waals surface area contributed by atoms with Crippen molar-refractivity contribution in [1.82, 2.24) is 14.7 Å². The predicted octanol–water partition coefficient (Wildman–Crippen LogP) is 2.50. The highest BCUT2D eigenvalue weighted by molar-refractivity contribution is 7.08. The molecule has 2 aromatic heterocycles. The minimum absolute atomic E-state index is 0.0229. The van der Waals surface area contributed by atoms with Crippen LogP contribution < -0.4 is 4.90 Å². The third kappa shape index (κ3) is 2.75. The number of rotatable bonds is 3. The van der Waals surface area contributed by atoms with Gasteiger partial charge in [-0.15, -0.1) is 0 Å². The maximum atomic E-state index is 13.1. The second-order valence-corrected chi connectivity index (χ2v) is 8.09. The average molecular weight is 379 g/mol. The van der Waals surface area contributed by atoms with Crippen molar-refractivity contribution in [2.24, 2.45) is 11.3 Å². The van der Waals surface area contributed by atoms with E-state index in [0.717, 1.165) is 18.7 Å². The summed E-state index contributed by atoms with van der Waals surface area (Å²) in [6, 6.07) is 1.98. The van der Waals surface area contributed by atoms with Gasteiger partial charge in [-0.3, -0.25) is 14.3 Å². The molecule has 0 saturated carbocycles. The second-order valence-electron chi connectivity index (χ2n) is 6.88. The zero-order chi connectivity index (χ0) is 17.6. The van der Waals surface area contributed by atoms with E-state index >= 15 is 0 Å². The Labute approximate surface area is 155 Å². The molecule has 0 radical (unpaired) electrons. The lowest BCUT2D eigenvalue weighted by molar-refractivity contribution is -0.132. The van der Waals surface area contributed by atoms with Gasteiger partial charge in [0.25, 0.3) is 0 Å². The minimum Gasteiger partial charge on any atom is -0.340 e. The third-order valence-electron chi connectivity index (χ3n) is 5.43. The normalized spacial score (nSPS) is 26.2. The van der Waals surface area contributed by atoms with Gasteiger partial charge in [0, 0.05) is 31.2 Å². The zero-order valence-electron chi connectivity index (χ0n) is 13.9. The standard InChI is InChI=1S/C17H19ClN4O2S/c1-12-7-20(15(23)9-21-8-13(18)6-19-21)11-17(12)3-4-22(16(17)24)14-2-5-25-10-14/h2,5-6,8,10,12H,3-4,7,9,11H2,1H3/t12-,17-/m1/s1. The van der Waals surface area contributed by atoms with Gasteiger partial charge in [0.15, 0.2) is 0 Å². The zero-order valence-corrected chi connectivity index (χ0v) is 15.5. The summed E-state index contributed by atoms with van der Waals surface area (Å²) >= 11 is 7.44. The monoisotopic (exact) mass is 378 g/mol. The number of nitrogens with zero attached hydrogens (tertiary/aromatic N) is 4. The van der Waals surface area contributed by atoms with Crippen LogP contribution in [-0.2, 0) is 16.1 Å². The molecule has 2 atom stereocenters. The average Bonchev–Trinajstić information content (AvgIpc) is 3.33. The number of anilines is 1. The van der Waals surface area contributed by atoms with Crippen LogP contribution in [0.2, 0.25) is 5.02 Å². The molecule has 0 aromatic carbocycles. The topological polar surface area (TPSA) is 58.4 Å². The van der Waals surface area contributed by atoms with Crippen LogP contribution >= 0.6 is 22.9 Å². The third-order valence-corrected chi connectivity index (χ3v) is 6.30. The highest BCUT2D eigenvalue weighted by Gasteiger charge is 2.56. The first-order valence-corrected chi connectivity index (χ1v) is 9.61. The Hall–Kier alpha value is -1.86. The number of thiophene rings is 1. The summed E-state index contributed by atoms with van der Waals surface area (Å²) in [5, 5.41) is 8.55. The number of likely N-dealkylation sites (tertiary alicyclic amines) is 1. The molecule has 0 unspecified atom stereocenters. The van der Waals surface area contributed by atoms with E-state index in [9.17, 15) is 9.59 Å². The van der Waals surface area contributed by atoms with E-state index in [1.165, 1.54) is 10.9 Å². The summed E-state index contributed by atoms with van der Waals surface area (Å²) in [6.45, 7) is 4.04. The largest absolute Gasteiger partial charge is 0.340 e. The van der Waals surface area contributed by atoms with Crippen molar-refractivity contribution >= 4 is 40.4 Å². The summed E-state index contributed by atoms with van der Waals surface area (Å²) in [5.41, 5.74) is 0.509. The first-order chi connectivity index (χ1) is 12.0. The summed E-state index contributed by atoms with van der Waals surface area (Å²) < 4.78 is 1.54. The Bertz CT molecular complexity index is 805. The smallest absolute Gasteiger partial charge is 0.244 e. The van der Waals surface area contributed by atoms with Crippen LogP contribution in [0.5, 0.6) is 0 Å². The lowest BCUT2D eigenvalue weighted by atomic mass is 9.78. The number of hydrogen-bond acceptors (Lipinski definition) is 4. The van der Waals surface area contributed by atoms with Crippen molar-refractivity contribution in [3.63, 3.8) is 0 Å². The van der Waals surface area contributed by atoms with Crippen molar-refractivity contribution in [3.05, 3.63) is 34.2 Å². The van der Waals surface area contributed by atoms with Gasteiger partial charge >= 0.3 is 0 Å². The second kappa shape index (κ2) is 6.14. The Morgan fingerprint density at radius 2 is 2.36 bits per heavy atom. The van der Waals surface area contributed by atoms with E-state index < -0.39 is 5.41 Å². The van der Waals surface area contributed by atoms with Crippen molar-refractivity contribution in [3.8, 4) is 0 Å². The molecule has 0 N–H and O–H groups in total. The lowest BCUT2D eigenvalue weighted by Crippen LogP contribution is -2.40. The molecule has 1 spiro atoms. The number of halogens is 1. The molecule has 6 nitrogen and oxygen atoms in total. The van der Waals surface area contributed by atoms with Crippen LogP contribution in [0.25, 0.3) is 0 Å². The molecule has 25 heavy (non-hydrogen) atoms. The Kier molecular flexibility index (Phi) is 4.08. The molecule has 0 aliphatic carbocycles. The molecule has 2 fully saturated rings. The molecule has 2 aliphatic heterocycles. The van der Waals surface area contributed by atoms with E-state index in [1.807, 2.05) is 21.7 Å². The Balaban J connectivity index is 1.49. The van der Waals surface area contributed by atoms with Gasteiger partial charge in [-0.05, 0) is 23.8 Å². The fourth-order valence-corrected chi connectivity index (χ4v) is 4.77. The van der Waals surface area contributed by atoms with Gasteiger partial charge in [-0.2, -0.15) is 16.4 Å². The predicted molar refractivity (Wildman–Crippen MR) is 96.7 cm³/mol. The summed E-state index contributed by atoms with van der Waals surface area (Å²) in [6.07, 6.45) is 3.94. The van der Waals surface area contributed by atoms with Crippen LogP contribution in [0, 0.1) is 11.3 Å². The van der Waals surface area contributed by atoms with Crippen molar-refractivity contribution < 1.29 is 9.59 Å². The maximum absolute atomic E-state index is 13.1. The van der Waals surface area contributed by atoms with E-state index in [0.29, 0.717) is 18.1 Å². The molecule has 2 amide bonds. The summed E-state index contributed by atoms with van der Waals surface area (Å²) in [4.78, 5) is 29.4. The highest BCUT2D eigenvalue weighted by atomic mass is 35.5. The first kappa shape index (κ1) is 16.6. The van der Waals surface area contributed by atoms with Crippen molar-refractivity contribution in [2.45, 2.75) is 19.9 Å². The minimum atomic E-state index is -0.459. The van der Waals surface area contributed by atoms with E-state index in [-0.39, 0.29) is 24.3 Å². The van der Waals surface area contributed by atoms with Gasteiger partial charge in [0.2, 0.25) is 11.8 Å². The van der Waals surface area contributed by atoms with Gasteiger partial charge in [0.1, 0.15) is 6.54 Å². The number of carbonyl (C=O) groups excluding carboxylic acids is 2. The molecular formula is C17H19ClN4O2S. The Morgan fingerprint density at radius 3 is 3.04 bits per heavy atom. The van der Waals surface area contributed by atoms with Gasteiger partial charge < -0.3 is 9.80 Å². The van der Waals surface area contributed by atoms with Crippen molar-refractivity contribution in [2.75, 3.05) is 24.5 Å². The molecule has 132 valence electrons. The molecule has 4 rings (SSSR count). The highest BCUT2D eigenvalue weighted by Crippen LogP contribution is 2.46. The van der Waals surface area contributed by atoms with Crippen LogP contribution in [0.15, 0.2) is 29.2 Å². The molecule has 8 heteroatoms. The van der Waals surface area contributed by atoms with E-state index in [1.54, 1.807) is 22.4 Å². The lowest BCUT2D eigenvalue weighted by Gasteiger charge is -2.26. The summed E-state index contributed by atoms with van der Waals surface area (Å²) in [7, 11) is 0. The molecule has 0 bridgehead atoms. The molecule has 2 saturated heterocycles. The van der Waals surface area contributed by atoms with Gasteiger partial charge in [0.05, 0.1) is 22.3 Å². The van der Waals surface area contributed by atoms with E-state index in [2.05, 4.69) is 12.0 Å². The van der Waals surface area contributed by atoms with Crippen LogP contribution in [0.4, 0.5) is 5.69 Å². The molecule has 2 aliphatic rings. The molecule has 4 heterocycles. The van der Waals surface area contributed by atoms with Crippen molar-refractivity contribution in [1.29, 1.82) is 0 Å². The number of amides is 2. The van der Waals surface area contributed by atoms with Gasteiger partial charge in [-0.1, -0.05) is 18.5 Å².